The number of aliphatic carboxylic acids is 1. The lowest BCUT2D eigenvalue weighted by atomic mass is 9.99. The fourth-order valence-electron chi connectivity index (χ4n) is 3.00. The second-order valence-corrected chi connectivity index (χ2v) is 6.52. The zero-order valence-electron chi connectivity index (χ0n) is 11.3. The van der Waals surface area contributed by atoms with Gasteiger partial charge in [-0.2, -0.15) is 0 Å². The molecule has 2 N–H and O–H groups in total. The van der Waals surface area contributed by atoms with Crippen LogP contribution < -0.4 is 0 Å². The molecule has 5 heteroatoms. The number of aromatic amines is 1. The van der Waals surface area contributed by atoms with Gasteiger partial charge in [0.05, 0.1) is 0 Å². The maximum Gasteiger partial charge on any atom is 0.323 e. The minimum atomic E-state index is -0.740. The first-order valence-electron chi connectivity index (χ1n) is 6.75. The van der Waals surface area contributed by atoms with Crippen molar-refractivity contribution in [1.29, 1.82) is 0 Å². The van der Waals surface area contributed by atoms with E-state index in [4.69, 9.17) is 0 Å². The van der Waals surface area contributed by atoms with Crippen LogP contribution >= 0.6 is 15.9 Å². The van der Waals surface area contributed by atoms with Crippen LogP contribution in [0.4, 0.5) is 0 Å². The van der Waals surface area contributed by atoms with Crippen LogP contribution in [0.3, 0.4) is 0 Å². The van der Waals surface area contributed by atoms with Crippen molar-refractivity contribution < 1.29 is 9.90 Å². The highest BCUT2D eigenvalue weighted by Crippen LogP contribution is 2.32. The molecule has 1 atom stereocenters. The molecular formula is C15H17BrN2O2. The van der Waals surface area contributed by atoms with E-state index in [1.807, 2.05) is 25.3 Å². The molecule has 106 valence electrons. The van der Waals surface area contributed by atoms with Crippen LogP contribution in [-0.4, -0.2) is 33.0 Å². The van der Waals surface area contributed by atoms with Crippen LogP contribution in [0.2, 0.25) is 0 Å². The Morgan fingerprint density at radius 1 is 1.55 bits per heavy atom. The van der Waals surface area contributed by atoms with Crippen molar-refractivity contribution in [3.8, 4) is 0 Å². The Hall–Kier alpha value is -1.33. The summed E-state index contributed by atoms with van der Waals surface area (Å²) in [4.78, 5) is 16.8. The smallest absolute Gasteiger partial charge is 0.323 e. The fourth-order valence-corrected chi connectivity index (χ4v) is 3.36. The number of halogens is 1. The Kier molecular flexibility index (Phi) is 3.34. The largest absolute Gasteiger partial charge is 0.480 e. The molecule has 1 aliphatic heterocycles. The predicted octanol–water partition coefficient (Wildman–Crippen LogP) is 3.37. The zero-order valence-corrected chi connectivity index (χ0v) is 12.9. The molecule has 2 aromatic rings. The summed E-state index contributed by atoms with van der Waals surface area (Å²) < 4.78 is 1.04. The van der Waals surface area contributed by atoms with Crippen LogP contribution in [0.1, 0.15) is 25.3 Å². The summed E-state index contributed by atoms with van der Waals surface area (Å²) in [5.74, 6) is -0.726. The Labute approximate surface area is 125 Å². The van der Waals surface area contributed by atoms with Gasteiger partial charge in [-0.3, -0.25) is 9.69 Å². The van der Waals surface area contributed by atoms with Gasteiger partial charge in [-0.25, -0.2) is 0 Å². The van der Waals surface area contributed by atoms with Gasteiger partial charge >= 0.3 is 5.97 Å². The molecule has 1 saturated heterocycles. The van der Waals surface area contributed by atoms with E-state index in [0.29, 0.717) is 13.0 Å². The molecule has 3 rings (SSSR count). The lowest BCUT2D eigenvalue weighted by Crippen LogP contribution is -2.47. The van der Waals surface area contributed by atoms with Gasteiger partial charge in [0.15, 0.2) is 0 Å². The van der Waals surface area contributed by atoms with Gasteiger partial charge < -0.3 is 10.1 Å². The Morgan fingerprint density at radius 3 is 3.10 bits per heavy atom. The standard InChI is InChI=1S/C15H17BrN2O2/c1-15(14(19)20)5-2-6-18(15)9-10-8-17-13-4-3-11(16)7-12(10)13/h3-4,7-8,17H,2,5-6,9H2,1H3,(H,19,20). The van der Waals surface area contributed by atoms with Crippen molar-refractivity contribution in [2.45, 2.75) is 31.8 Å². The molecule has 2 heterocycles. The van der Waals surface area contributed by atoms with Gasteiger partial charge in [0.2, 0.25) is 0 Å². The number of carboxylic acid groups (broad SMARTS) is 1. The maximum atomic E-state index is 11.5. The topological polar surface area (TPSA) is 56.3 Å². The average Bonchev–Trinajstić information content (AvgIpc) is 2.96. The van der Waals surface area contributed by atoms with Gasteiger partial charge in [0, 0.05) is 28.1 Å². The first kappa shape index (κ1) is 13.6. The average molecular weight is 337 g/mol. The number of nitrogens with zero attached hydrogens (tertiary/aromatic N) is 1. The number of carboxylic acids is 1. The zero-order chi connectivity index (χ0) is 14.3. The summed E-state index contributed by atoms with van der Waals surface area (Å²) in [6.07, 6.45) is 3.64. The van der Waals surface area contributed by atoms with Crippen molar-refractivity contribution in [2.75, 3.05) is 6.54 Å². The van der Waals surface area contributed by atoms with E-state index in [1.165, 1.54) is 0 Å². The molecule has 0 radical (unpaired) electrons. The third kappa shape index (κ3) is 2.15. The normalized spacial score (nSPS) is 23.5. The monoisotopic (exact) mass is 336 g/mol. The number of fused-ring (bicyclic) bond motifs is 1. The van der Waals surface area contributed by atoms with E-state index in [2.05, 4.69) is 31.9 Å². The van der Waals surface area contributed by atoms with Gasteiger partial charge in [0.25, 0.3) is 0 Å². The number of hydrogen-bond donors (Lipinski definition) is 2. The van der Waals surface area contributed by atoms with E-state index >= 15 is 0 Å². The highest BCUT2D eigenvalue weighted by molar-refractivity contribution is 9.10. The van der Waals surface area contributed by atoms with Crippen molar-refractivity contribution >= 4 is 32.8 Å². The Balaban J connectivity index is 1.93. The number of nitrogens with one attached hydrogen (secondary N) is 1. The van der Waals surface area contributed by atoms with Crippen LogP contribution in [0, 0.1) is 0 Å². The molecule has 0 bridgehead atoms. The van der Waals surface area contributed by atoms with Crippen molar-refractivity contribution in [3.05, 3.63) is 34.4 Å². The Morgan fingerprint density at radius 2 is 2.35 bits per heavy atom. The molecule has 20 heavy (non-hydrogen) atoms. The molecule has 1 aromatic heterocycles. The second-order valence-electron chi connectivity index (χ2n) is 5.61. The third-order valence-electron chi connectivity index (χ3n) is 4.34. The van der Waals surface area contributed by atoms with Gasteiger partial charge in [-0.05, 0) is 50.1 Å². The van der Waals surface area contributed by atoms with E-state index in [1.54, 1.807) is 0 Å². The molecule has 0 aliphatic carbocycles. The molecule has 1 fully saturated rings. The molecule has 4 nitrogen and oxygen atoms in total. The summed E-state index contributed by atoms with van der Waals surface area (Å²) in [6, 6.07) is 6.11. The van der Waals surface area contributed by atoms with Crippen LogP contribution in [0.5, 0.6) is 0 Å². The van der Waals surface area contributed by atoms with Crippen LogP contribution in [0.15, 0.2) is 28.9 Å². The number of likely N-dealkylation sites (tertiary alicyclic amines) is 1. The van der Waals surface area contributed by atoms with Gasteiger partial charge in [-0.1, -0.05) is 15.9 Å². The molecular weight excluding hydrogens is 320 g/mol. The summed E-state index contributed by atoms with van der Waals surface area (Å²) in [7, 11) is 0. The SMILES string of the molecule is CC1(C(=O)O)CCCN1Cc1c[nH]c2ccc(Br)cc12. The number of aromatic nitrogens is 1. The lowest BCUT2D eigenvalue weighted by molar-refractivity contribution is -0.148. The lowest BCUT2D eigenvalue weighted by Gasteiger charge is -2.30. The highest BCUT2D eigenvalue weighted by Gasteiger charge is 2.43. The summed E-state index contributed by atoms with van der Waals surface area (Å²) in [5, 5.41) is 10.6. The Bertz CT molecular complexity index is 667. The molecule has 0 saturated carbocycles. The summed E-state index contributed by atoms with van der Waals surface area (Å²) >= 11 is 3.49. The van der Waals surface area contributed by atoms with Crippen LogP contribution in [0.25, 0.3) is 10.9 Å². The highest BCUT2D eigenvalue weighted by atomic mass is 79.9. The van der Waals surface area contributed by atoms with E-state index in [9.17, 15) is 9.90 Å². The van der Waals surface area contributed by atoms with Crippen LogP contribution in [-0.2, 0) is 11.3 Å². The van der Waals surface area contributed by atoms with Crippen molar-refractivity contribution in [2.24, 2.45) is 0 Å². The van der Waals surface area contributed by atoms with Gasteiger partial charge in [-0.15, -0.1) is 0 Å². The number of H-pyrrole nitrogens is 1. The summed E-state index contributed by atoms with van der Waals surface area (Å²) in [5.41, 5.74) is 1.49. The molecule has 1 aliphatic rings. The van der Waals surface area contributed by atoms with Crippen molar-refractivity contribution in [1.82, 2.24) is 9.88 Å². The molecule has 0 spiro atoms. The van der Waals surface area contributed by atoms with E-state index in [0.717, 1.165) is 33.9 Å². The van der Waals surface area contributed by atoms with Gasteiger partial charge in [0.1, 0.15) is 5.54 Å². The molecule has 1 aromatic carbocycles. The van der Waals surface area contributed by atoms with E-state index in [-0.39, 0.29) is 0 Å². The maximum absolute atomic E-state index is 11.5. The molecule has 0 amide bonds. The number of hydrogen-bond acceptors (Lipinski definition) is 2. The minimum Gasteiger partial charge on any atom is -0.480 e. The minimum absolute atomic E-state index is 0.666. The number of benzene rings is 1. The fraction of sp³-hybridized carbons (Fsp3) is 0.400. The second kappa shape index (κ2) is 4.90. The van der Waals surface area contributed by atoms with Crippen molar-refractivity contribution in [3.63, 3.8) is 0 Å². The first-order valence-corrected chi connectivity index (χ1v) is 7.54. The summed E-state index contributed by atoms with van der Waals surface area (Å²) in [6.45, 7) is 3.33. The first-order chi connectivity index (χ1) is 9.50. The predicted molar refractivity (Wildman–Crippen MR) is 81.7 cm³/mol. The number of carbonyl (C=O) groups is 1. The third-order valence-corrected chi connectivity index (χ3v) is 4.83. The van der Waals surface area contributed by atoms with E-state index < -0.39 is 11.5 Å². The number of rotatable bonds is 3. The quantitative estimate of drug-likeness (QED) is 0.903. The molecule has 1 unspecified atom stereocenters.